The van der Waals surface area contributed by atoms with Crippen molar-refractivity contribution >= 4 is 39.3 Å². The van der Waals surface area contributed by atoms with Gasteiger partial charge in [0.25, 0.3) is 5.91 Å². The molecular weight excluding hydrogens is 573 g/mol. The van der Waals surface area contributed by atoms with Crippen LogP contribution in [0.5, 0.6) is 0 Å². The molecule has 0 unspecified atom stereocenters. The van der Waals surface area contributed by atoms with Gasteiger partial charge in [-0.25, -0.2) is 12.7 Å². The molecule has 5 rings (SSSR count). The second-order valence-electron chi connectivity index (χ2n) is 10.2. The molecule has 1 N–H and O–H groups in total. The summed E-state index contributed by atoms with van der Waals surface area (Å²) in [5.41, 5.74) is 5.40. The maximum Gasteiger partial charge on any atom is 0.251 e. The minimum Gasteiger partial charge on any atom is -0.345 e. The highest BCUT2D eigenvalue weighted by molar-refractivity contribution is 7.99. The van der Waals surface area contributed by atoms with Crippen molar-refractivity contribution in [1.82, 2.24) is 24.4 Å². The third-order valence-corrected chi connectivity index (χ3v) is 9.85. The van der Waals surface area contributed by atoms with E-state index >= 15 is 0 Å². The summed E-state index contributed by atoms with van der Waals surface area (Å²) in [6, 6.07) is 19.7. The fourth-order valence-electron chi connectivity index (χ4n) is 4.86. The van der Waals surface area contributed by atoms with Crippen LogP contribution >= 0.6 is 11.8 Å². The Hall–Kier alpha value is -4.00. The number of thioether (sulfide) groups is 1. The number of fused-ring (bicyclic) bond motifs is 1. The van der Waals surface area contributed by atoms with Gasteiger partial charge in [0.2, 0.25) is 15.9 Å². The van der Waals surface area contributed by atoms with E-state index in [-0.39, 0.29) is 29.0 Å². The van der Waals surface area contributed by atoms with Crippen LogP contribution in [0, 0.1) is 13.8 Å². The fraction of sp³-hybridized carbons (Fsp3) is 0.267. The van der Waals surface area contributed by atoms with Crippen LogP contribution in [-0.4, -0.2) is 65.7 Å². The molecule has 42 heavy (non-hydrogen) atoms. The molecule has 1 aliphatic heterocycles. The highest BCUT2D eigenvalue weighted by Crippen LogP contribution is 2.30. The molecule has 0 atom stereocenters. The summed E-state index contributed by atoms with van der Waals surface area (Å²) in [6.45, 7) is 4.74. The van der Waals surface area contributed by atoms with Crippen LogP contribution in [0.4, 0.5) is 5.69 Å². The number of carbonyl (C=O) groups excluding carboxylic acids is 2. The van der Waals surface area contributed by atoms with E-state index in [9.17, 15) is 18.0 Å². The van der Waals surface area contributed by atoms with Gasteiger partial charge < -0.3 is 10.2 Å². The average Bonchev–Trinajstić information content (AvgIpc) is 3.59. The second kappa shape index (κ2) is 12.1. The van der Waals surface area contributed by atoms with Crippen molar-refractivity contribution in [2.24, 2.45) is 0 Å². The molecule has 0 saturated heterocycles. The second-order valence-corrected chi connectivity index (χ2v) is 13.3. The number of aryl methyl sites for hydroxylation is 2. The molecule has 3 aromatic carbocycles. The van der Waals surface area contributed by atoms with Crippen molar-refractivity contribution < 1.29 is 18.0 Å². The number of nitrogens with zero attached hydrogens (tertiary/aromatic N) is 5. The summed E-state index contributed by atoms with van der Waals surface area (Å²) in [4.78, 5) is 28.1. The molecule has 218 valence electrons. The van der Waals surface area contributed by atoms with Crippen molar-refractivity contribution in [2.45, 2.75) is 36.9 Å². The summed E-state index contributed by atoms with van der Waals surface area (Å²) in [7, 11) is -0.688. The normalized spacial score (nSPS) is 12.9. The average molecular weight is 605 g/mol. The number of anilines is 1. The predicted molar refractivity (Wildman–Crippen MR) is 163 cm³/mol. The first-order valence-corrected chi connectivity index (χ1v) is 15.8. The van der Waals surface area contributed by atoms with Crippen molar-refractivity contribution in [2.75, 3.05) is 31.3 Å². The first-order valence-electron chi connectivity index (χ1n) is 13.4. The summed E-state index contributed by atoms with van der Waals surface area (Å²) >= 11 is 1.31. The van der Waals surface area contributed by atoms with Gasteiger partial charge in [-0.05, 0) is 67.8 Å². The van der Waals surface area contributed by atoms with Gasteiger partial charge in [0, 0.05) is 31.9 Å². The molecule has 0 fully saturated rings. The van der Waals surface area contributed by atoms with Crippen LogP contribution in [0.25, 0.3) is 5.69 Å². The van der Waals surface area contributed by atoms with Crippen molar-refractivity contribution in [3.8, 4) is 5.69 Å². The van der Waals surface area contributed by atoms with E-state index in [4.69, 9.17) is 0 Å². The summed E-state index contributed by atoms with van der Waals surface area (Å²) in [5.74, 6) is 0.306. The van der Waals surface area contributed by atoms with Gasteiger partial charge in [-0.1, -0.05) is 47.7 Å². The number of carbonyl (C=O) groups is 2. The van der Waals surface area contributed by atoms with Crippen LogP contribution in [0.1, 0.15) is 32.9 Å². The lowest BCUT2D eigenvalue weighted by Gasteiger charge is -2.17. The topological polar surface area (TPSA) is 117 Å². The summed E-state index contributed by atoms with van der Waals surface area (Å²) in [5, 5.41) is 12.2. The number of nitrogens with one attached hydrogen (secondary N) is 1. The fourth-order valence-corrected chi connectivity index (χ4v) is 6.60. The SMILES string of the molecule is Cc1ccc(-n2c(CNC(=O)c3ccc(S(=O)(=O)N(C)C)cc3)nnc2SCC(=O)N2CCc3ccccc32)c(C)c1. The van der Waals surface area contributed by atoms with E-state index in [0.29, 0.717) is 23.1 Å². The molecule has 12 heteroatoms. The van der Waals surface area contributed by atoms with Crippen LogP contribution < -0.4 is 10.2 Å². The summed E-state index contributed by atoms with van der Waals surface area (Å²) in [6.07, 6.45) is 0.837. The molecule has 4 aromatic rings. The zero-order chi connectivity index (χ0) is 30.0. The Morgan fingerprint density at radius 2 is 1.71 bits per heavy atom. The Morgan fingerprint density at radius 1 is 0.976 bits per heavy atom. The molecular formula is C30H32N6O4S2. The summed E-state index contributed by atoms with van der Waals surface area (Å²) < 4.78 is 27.7. The first-order chi connectivity index (χ1) is 20.1. The molecule has 1 aromatic heterocycles. The third kappa shape index (κ3) is 5.96. The van der Waals surface area contributed by atoms with Gasteiger partial charge in [0.05, 0.1) is 22.9 Å². The lowest BCUT2D eigenvalue weighted by Crippen LogP contribution is -2.30. The zero-order valence-corrected chi connectivity index (χ0v) is 25.5. The first kappa shape index (κ1) is 29.5. The van der Waals surface area contributed by atoms with E-state index in [1.165, 1.54) is 55.7 Å². The monoisotopic (exact) mass is 604 g/mol. The van der Waals surface area contributed by atoms with Gasteiger partial charge in [0.15, 0.2) is 11.0 Å². The Balaban J connectivity index is 1.35. The number of amides is 2. The largest absolute Gasteiger partial charge is 0.345 e. The van der Waals surface area contributed by atoms with Gasteiger partial charge >= 0.3 is 0 Å². The maximum atomic E-state index is 13.2. The maximum absolute atomic E-state index is 13.2. The Morgan fingerprint density at radius 3 is 2.43 bits per heavy atom. The molecule has 0 radical (unpaired) electrons. The van der Waals surface area contributed by atoms with E-state index in [1.54, 1.807) is 0 Å². The van der Waals surface area contributed by atoms with Gasteiger partial charge in [-0.2, -0.15) is 0 Å². The van der Waals surface area contributed by atoms with Crippen molar-refractivity contribution in [3.63, 3.8) is 0 Å². The molecule has 2 amide bonds. The Bertz CT molecular complexity index is 1750. The van der Waals surface area contributed by atoms with Gasteiger partial charge in [0.1, 0.15) is 0 Å². The van der Waals surface area contributed by atoms with Crippen LogP contribution in [-0.2, 0) is 27.8 Å². The number of para-hydroxylation sites is 1. The van der Waals surface area contributed by atoms with Gasteiger partial charge in [-0.15, -0.1) is 10.2 Å². The van der Waals surface area contributed by atoms with Crippen LogP contribution in [0.15, 0.2) is 76.8 Å². The molecule has 1 aliphatic rings. The standard InChI is InChI=1S/C30H32N6O4S2/c1-20-9-14-25(21(2)17-20)36-27(18-31-29(38)23-10-12-24(13-11-23)42(39,40)34(3)4)32-33-30(36)41-19-28(37)35-16-15-22-7-5-6-8-26(22)35/h5-14,17H,15-16,18-19H2,1-4H3,(H,31,38). The number of rotatable bonds is 9. The molecule has 0 aliphatic carbocycles. The third-order valence-electron chi connectivity index (χ3n) is 7.11. The smallest absolute Gasteiger partial charge is 0.251 e. The van der Waals surface area contributed by atoms with Crippen LogP contribution in [0.3, 0.4) is 0 Å². The van der Waals surface area contributed by atoms with Crippen molar-refractivity contribution in [1.29, 1.82) is 0 Å². The highest BCUT2D eigenvalue weighted by Gasteiger charge is 2.25. The number of hydrogen-bond acceptors (Lipinski definition) is 7. The predicted octanol–water partition coefficient (Wildman–Crippen LogP) is 3.75. The molecule has 10 nitrogen and oxygen atoms in total. The minimum atomic E-state index is -3.60. The number of hydrogen-bond donors (Lipinski definition) is 1. The zero-order valence-electron chi connectivity index (χ0n) is 23.9. The molecule has 2 heterocycles. The quantitative estimate of drug-likeness (QED) is 0.289. The van der Waals surface area contributed by atoms with E-state index < -0.39 is 10.0 Å². The van der Waals surface area contributed by atoms with Gasteiger partial charge in [-0.3, -0.25) is 14.2 Å². The lowest BCUT2D eigenvalue weighted by molar-refractivity contribution is -0.116. The molecule has 0 spiro atoms. The molecule has 0 saturated carbocycles. The van der Waals surface area contributed by atoms with Crippen molar-refractivity contribution in [3.05, 3.63) is 94.8 Å². The highest BCUT2D eigenvalue weighted by atomic mass is 32.2. The lowest BCUT2D eigenvalue weighted by atomic mass is 10.1. The number of aromatic nitrogens is 3. The van der Waals surface area contributed by atoms with Crippen LogP contribution in [0.2, 0.25) is 0 Å². The Labute approximate surface area is 249 Å². The van der Waals surface area contributed by atoms with E-state index in [1.807, 2.05) is 59.7 Å². The minimum absolute atomic E-state index is 0.00490. The number of benzene rings is 3. The molecule has 0 bridgehead atoms. The van der Waals surface area contributed by atoms with E-state index in [2.05, 4.69) is 21.6 Å². The number of sulfonamides is 1. The van der Waals surface area contributed by atoms with E-state index in [0.717, 1.165) is 33.2 Å². The Kier molecular flexibility index (Phi) is 8.48.